The van der Waals surface area contributed by atoms with E-state index >= 15 is 0 Å². The Morgan fingerprint density at radius 3 is 2.85 bits per heavy atom. The lowest BCUT2D eigenvalue weighted by molar-refractivity contribution is 0.0900. The minimum absolute atomic E-state index is 0.0134. The normalized spacial score (nSPS) is 18.9. The Kier molecular flexibility index (Phi) is 3.52. The summed E-state index contributed by atoms with van der Waals surface area (Å²) in [5.41, 5.74) is 7.50. The predicted octanol–water partition coefficient (Wildman–Crippen LogP) is 1.64. The van der Waals surface area contributed by atoms with E-state index in [0.717, 1.165) is 31.6 Å². The van der Waals surface area contributed by atoms with Crippen LogP contribution in [0.5, 0.6) is 0 Å². The lowest BCUT2D eigenvalue weighted by atomic mass is 9.92. The maximum atomic E-state index is 12.5. The van der Waals surface area contributed by atoms with Crippen LogP contribution in [0.25, 0.3) is 5.69 Å². The highest BCUT2D eigenvalue weighted by molar-refractivity contribution is 6.01. The number of nitrogens with one attached hydrogen (secondary N) is 1. The van der Waals surface area contributed by atoms with E-state index in [1.54, 1.807) is 10.9 Å². The Balaban J connectivity index is 1.88. The zero-order chi connectivity index (χ0) is 13.9. The lowest BCUT2D eigenvalue weighted by Gasteiger charge is -2.21. The third-order valence-corrected chi connectivity index (χ3v) is 3.74. The summed E-state index contributed by atoms with van der Waals surface area (Å²) in [7, 11) is 0. The minimum Gasteiger partial charge on any atom is -0.383 e. The van der Waals surface area contributed by atoms with Gasteiger partial charge in [0.15, 0.2) is 5.78 Å². The van der Waals surface area contributed by atoms with Gasteiger partial charge in [-0.1, -0.05) is 18.2 Å². The van der Waals surface area contributed by atoms with E-state index in [9.17, 15) is 4.79 Å². The van der Waals surface area contributed by atoms with Gasteiger partial charge in [-0.25, -0.2) is 4.68 Å². The molecule has 5 nitrogen and oxygen atoms in total. The fourth-order valence-corrected chi connectivity index (χ4v) is 2.62. The number of piperidine rings is 1. The molecule has 0 amide bonds. The molecule has 3 rings (SSSR count). The van der Waals surface area contributed by atoms with Crippen molar-refractivity contribution in [3.63, 3.8) is 0 Å². The molecule has 0 aliphatic carbocycles. The third kappa shape index (κ3) is 2.32. The molecular weight excluding hydrogens is 252 g/mol. The Hall–Kier alpha value is -2.14. The first-order valence-corrected chi connectivity index (χ1v) is 6.91. The number of nitrogens with two attached hydrogens (primary N) is 1. The van der Waals surface area contributed by atoms with E-state index in [4.69, 9.17) is 5.73 Å². The van der Waals surface area contributed by atoms with E-state index in [2.05, 4.69) is 10.4 Å². The van der Waals surface area contributed by atoms with Crippen LogP contribution in [0.2, 0.25) is 0 Å². The molecule has 1 unspecified atom stereocenters. The summed E-state index contributed by atoms with van der Waals surface area (Å²) < 4.78 is 1.61. The Morgan fingerprint density at radius 2 is 2.15 bits per heavy atom. The van der Waals surface area contributed by atoms with Crippen molar-refractivity contribution < 1.29 is 4.79 Å². The van der Waals surface area contributed by atoms with Crippen molar-refractivity contribution in [2.75, 3.05) is 18.8 Å². The van der Waals surface area contributed by atoms with Crippen molar-refractivity contribution >= 4 is 11.6 Å². The SMILES string of the molecule is Nc1c(C(=O)C2CCCNC2)cnn1-c1ccccc1. The Labute approximate surface area is 117 Å². The molecule has 1 atom stereocenters. The first kappa shape index (κ1) is 12.9. The summed E-state index contributed by atoms with van der Waals surface area (Å²) in [5, 5.41) is 7.51. The topological polar surface area (TPSA) is 72.9 Å². The number of aromatic nitrogens is 2. The van der Waals surface area contributed by atoms with E-state index < -0.39 is 0 Å². The van der Waals surface area contributed by atoms with Crippen LogP contribution >= 0.6 is 0 Å². The molecule has 0 saturated carbocycles. The van der Waals surface area contributed by atoms with Crippen LogP contribution in [0.1, 0.15) is 23.2 Å². The smallest absolute Gasteiger partial charge is 0.172 e. The fraction of sp³-hybridized carbons (Fsp3) is 0.333. The van der Waals surface area contributed by atoms with Gasteiger partial charge in [-0.15, -0.1) is 0 Å². The lowest BCUT2D eigenvalue weighted by Crippen LogP contribution is -2.34. The molecule has 0 spiro atoms. The van der Waals surface area contributed by atoms with Gasteiger partial charge in [0.2, 0.25) is 0 Å². The first-order valence-electron chi connectivity index (χ1n) is 6.91. The standard InChI is InChI=1S/C15H18N4O/c16-15-13(14(20)11-5-4-8-17-9-11)10-18-19(15)12-6-2-1-3-7-12/h1-3,6-7,10-11,17H,4-5,8-9,16H2. The second-order valence-electron chi connectivity index (χ2n) is 5.10. The zero-order valence-corrected chi connectivity index (χ0v) is 11.2. The molecular formula is C15H18N4O. The number of ketones is 1. The van der Waals surface area contributed by atoms with E-state index in [0.29, 0.717) is 11.4 Å². The second-order valence-corrected chi connectivity index (χ2v) is 5.10. The number of anilines is 1. The van der Waals surface area contributed by atoms with Crippen molar-refractivity contribution in [1.82, 2.24) is 15.1 Å². The molecule has 5 heteroatoms. The summed E-state index contributed by atoms with van der Waals surface area (Å²) in [6.07, 6.45) is 3.53. The van der Waals surface area contributed by atoms with Gasteiger partial charge in [0.05, 0.1) is 17.4 Å². The summed E-state index contributed by atoms with van der Waals surface area (Å²) in [6.45, 7) is 1.72. The first-order chi connectivity index (χ1) is 9.77. The summed E-state index contributed by atoms with van der Waals surface area (Å²) >= 11 is 0. The number of hydrogen-bond acceptors (Lipinski definition) is 4. The van der Waals surface area contributed by atoms with Gasteiger partial charge < -0.3 is 11.1 Å². The number of rotatable bonds is 3. The van der Waals surface area contributed by atoms with Gasteiger partial charge in [-0.3, -0.25) is 4.79 Å². The highest BCUT2D eigenvalue weighted by Crippen LogP contribution is 2.22. The van der Waals surface area contributed by atoms with E-state index in [1.165, 1.54) is 0 Å². The molecule has 1 aliphatic heterocycles. The average molecular weight is 270 g/mol. The molecule has 2 aromatic rings. The summed E-state index contributed by atoms with van der Waals surface area (Å²) in [5.74, 6) is 0.531. The molecule has 104 valence electrons. The van der Waals surface area contributed by atoms with Crippen LogP contribution in [0.3, 0.4) is 0 Å². The molecule has 1 saturated heterocycles. The predicted molar refractivity (Wildman–Crippen MR) is 77.9 cm³/mol. The maximum absolute atomic E-state index is 12.5. The number of hydrogen-bond donors (Lipinski definition) is 2. The highest BCUT2D eigenvalue weighted by Gasteiger charge is 2.25. The molecule has 0 bridgehead atoms. The second kappa shape index (κ2) is 5.46. The summed E-state index contributed by atoms with van der Waals surface area (Å²) in [6, 6.07) is 9.61. The average Bonchev–Trinajstić information content (AvgIpc) is 2.90. The quantitative estimate of drug-likeness (QED) is 0.832. The van der Waals surface area contributed by atoms with Gasteiger partial charge >= 0.3 is 0 Å². The molecule has 1 aliphatic rings. The molecule has 20 heavy (non-hydrogen) atoms. The number of Topliss-reactive ketones (excluding diaryl/α,β-unsaturated/α-hetero) is 1. The third-order valence-electron chi connectivity index (χ3n) is 3.74. The zero-order valence-electron chi connectivity index (χ0n) is 11.2. The fourth-order valence-electron chi connectivity index (χ4n) is 2.62. The molecule has 3 N–H and O–H groups in total. The Bertz CT molecular complexity index is 600. The number of para-hydroxylation sites is 1. The van der Waals surface area contributed by atoms with Gasteiger partial charge in [0.25, 0.3) is 0 Å². The molecule has 1 fully saturated rings. The number of nitrogens with zero attached hydrogens (tertiary/aromatic N) is 2. The van der Waals surface area contributed by atoms with E-state index in [1.807, 2.05) is 30.3 Å². The van der Waals surface area contributed by atoms with Crippen LogP contribution in [0, 0.1) is 5.92 Å². The summed E-state index contributed by atoms with van der Waals surface area (Å²) in [4.78, 5) is 12.5. The van der Waals surface area contributed by atoms with Gasteiger partial charge in [0, 0.05) is 12.5 Å². The van der Waals surface area contributed by atoms with Crippen LogP contribution in [-0.4, -0.2) is 28.7 Å². The number of benzene rings is 1. The molecule has 2 heterocycles. The van der Waals surface area contributed by atoms with Crippen molar-refractivity contribution in [3.05, 3.63) is 42.1 Å². The maximum Gasteiger partial charge on any atom is 0.172 e. The Morgan fingerprint density at radius 1 is 1.35 bits per heavy atom. The number of carbonyl (C=O) groups is 1. The van der Waals surface area contributed by atoms with Crippen molar-refractivity contribution in [1.29, 1.82) is 0 Å². The molecule has 1 aromatic heterocycles. The van der Waals surface area contributed by atoms with Crippen LogP contribution < -0.4 is 11.1 Å². The van der Waals surface area contributed by atoms with Crippen LogP contribution in [0.15, 0.2) is 36.5 Å². The van der Waals surface area contributed by atoms with Crippen LogP contribution in [0.4, 0.5) is 5.82 Å². The van der Waals surface area contributed by atoms with Crippen molar-refractivity contribution in [2.24, 2.45) is 5.92 Å². The molecule has 1 aromatic carbocycles. The van der Waals surface area contributed by atoms with Crippen molar-refractivity contribution in [3.8, 4) is 5.69 Å². The monoisotopic (exact) mass is 270 g/mol. The largest absolute Gasteiger partial charge is 0.383 e. The van der Waals surface area contributed by atoms with E-state index in [-0.39, 0.29) is 11.7 Å². The number of nitrogen functional groups attached to an aromatic ring is 1. The number of carbonyl (C=O) groups excluding carboxylic acids is 1. The highest BCUT2D eigenvalue weighted by atomic mass is 16.1. The van der Waals surface area contributed by atoms with Gasteiger partial charge in [-0.05, 0) is 31.5 Å². The van der Waals surface area contributed by atoms with Gasteiger partial charge in [0.1, 0.15) is 5.82 Å². The minimum atomic E-state index is 0.0134. The van der Waals surface area contributed by atoms with Crippen molar-refractivity contribution in [2.45, 2.75) is 12.8 Å². The van der Waals surface area contributed by atoms with Gasteiger partial charge in [-0.2, -0.15) is 5.10 Å². The molecule has 0 radical (unpaired) electrons. The van der Waals surface area contributed by atoms with Crippen LogP contribution in [-0.2, 0) is 0 Å².